The first-order valence-corrected chi connectivity index (χ1v) is 8.18. The van der Waals surface area contributed by atoms with Gasteiger partial charge in [-0.2, -0.15) is 0 Å². The van der Waals surface area contributed by atoms with E-state index in [0.717, 1.165) is 0 Å². The van der Waals surface area contributed by atoms with E-state index in [1.54, 1.807) is 35.0 Å². The highest BCUT2D eigenvalue weighted by Crippen LogP contribution is 2.28. The van der Waals surface area contributed by atoms with Gasteiger partial charge in [0.2, 0.25) is 11.8 Å². The SMILES string of the molecule is CN1CCN(CC(=O)N[C@@H]2CC(=O)N(c3ccccc3Cl)C2)C1=O. The molecular formula is C16H19ClN4O3. The molecule has 1 N–H and O–H groups in total. The van der Waals surface area contributed by atoms with Crippen molar-refractivity contribution < 1.29 is 14.4 Å². The number of anilines is 1. The third kappa shape index (κ3) is 3.31. The number of nitrogens with zero attached hydrogens (tertiary/aromatic N) is 3. The number of benzene rings is 1. The molecule has 0 radical (unpaired) electrons. The Hall–Kier alpha value is -2.28. The highest BCUT2D eigenvalue weighted by molar-refractivity contribution is 6.33. The van der Waals surface area contributed by atoms with E-state index in [9.17, 15) is 14.4 Å². The molecule has 3 rings (SSSR count). The van der Waals surface area contributed by atoms with Gasteiger partial charge in [-0.3, -0.25) is 9.59 Å². The minimum Gasteiger partial charge on any atom is -0.350 e. The number of carbonyl (C=O) groups is 3. The van der Waals surface area contributed by atoms with Crippen molar-refractivity contribution in [2.24, 2.45) is 0 Å². The van der Waals surface area contributed by atoms with Crippen molar-refractivity contribution in [3.05, 3.63) is 29.3 Å². The predicted octanol–water partition coefficient (Wildman–Crippen LogP) is 0.929. The Kier molecular flexibility index (Phi) is 4.62. The van der Waals surface area contributed by atoms with Crippen LogP contribution >= 0.6 is 11.6 Å². The molecule has 0 saturated carbocycles. The summed E-state index contributed by atoms with van der Waals surface area (Å²) in [5.41, 5.74) is 0.650. The zero-order chi connectivity index (χ0) is 17.3. The molecule has 0 bridgehead atoms. The van der Waals surface area contributed by atoms with Crippen LogP contribution in [0.15, 0.2) is 24.3 Å². The number of nitrogens with one attached hydrogen (secondary N) is 1. The molecule has 1 atom stereocenters. The molecule has 2 saturated heterocycles. The molecule has 0 spiro atoms. The molecule has 1 aromatic carbocycles. The Bertz CT molecular complexity index is 681. The largest absolute Gasteiger partial charge is 0.350 e. The zero-order valence-corrected chi connectivity index (χ0v) is 14.1. The van der Waals surface area contributed by atoms with E-state index in [4.69, 9.17) is 11.6 Å². The molecular weight excluding hydrogens is 332 g/mol. The van der Waals surface area contributed by atoms with E-state index in [-0.39, 0.29) is 36.9 Å². The molecule has 2 heterocycles. The molecule has 7 nitrogen and oxygen atoms in total. The summed E-state index contributed by atoms with van der Waals surface area (Å²) in [7, 11) is 1.71. The summed E-state index contributed by atoms with van der Waals surface area (Å²) in [4.78, 5) is 40.8. The van der Waals surface area contributed by atoms with Gasteiger partial charge in [-0.25, -0.2) is 4.79 Å². The molecule has 2 aliphatic rings. The fourth-order valence-electron chi connectivity index (χ4n) is 3.00. The van der Waals surface area contributed by atoms with Crippen molar-refractivity contribution in [3.8, 4) is 0 Å². The first-order chi connectivity index (χ1) is 11.5. The molecule has 2 aliphatic heterocycles. The molecule has 24 heavy (non-hydrogen) atoms. The van der Waals surface area contributed by atoms with Gasteiger partial charge < -0.3 is 20.0 Å². The van der Waals surface area contributed by atoms with Gasteiger partial charge in [-0.1, -0.05) is 23.7 Å². The lowest BCUT2D eigenvalue weighted by molar-refractivity contribution is -0.122. The molecule has 8 heteroatoms. The first kappa shape index (κ1) is 16.6. The van der Waals surface area contributed by atoms with E-state index in [0.29, 0.717) is 30.3 Å². The van der Waals surface area contributed by atoms with Crippen LogP contribution < -0.4 is 10.2 Å². The number of amides is 4. The molecule has 4 amide bonds. The molecule has 0 unspecified atom stereocenters. The number of carbonyl (C=O) groups excluding carboxylic acids is 3. The Morgan fingerprint density at radius 1 is 1.29 bits per heavy atom. The van der Waals surface area contributed by atoms with E-state index in [1.807, 2.05) is 6.07 Å². The van der Waals surface area contributed by atoms with Crippen LogP contribution in [0.4, 0.5) is 10.5 Å². The molecule has 1 aromatic rings. The minimum atomic E-state index is -0.281. The number of urea groups is 1. The number of rotatable bonds is 4. The Morgan fingerprint density at radius 2 is 2.04 bits per heavy atom. The van der Waals surface area contributed by atoms with Gasteiger partial charge in [-0.05, 0) is 12.1 Å². The van der Waals surface area contributed by atoms with E-state index >= 15 is 0 Å². The average Bonchev–Trinajstić information content (AvgIpc) is 3.05. The van der Waals surface area contributed by atoms with Gasteiger partial charge in [-0.15, -0.1) is 0 Å². The summed E-state index contributed by atoms with van der Waals surface area (Å²) in [6, 6.07) is 6.70. The van der Waals surface area contributed by atoms with Crippen LogP contribution in [0.25, 0.3) is 0 Å². The van der Waals surface area contributed by atoms with Crippen molar-refractivity contribution in [1.82, 2.24) is 15.1 Å². The van der Waals surface area contributed by atoms with Gasteiger partial charge in [0.1, 0.15) is 6.54 Å². The molecule has 128 valence electrons. The lowest BCUT2D eigenvalue weighted by Gasteiger charge is -2.19. The maximum Gasteiger partial charge on any atom is 0.320 e. The number of hydrogen-bond acceptors (Lipinski definition) is 3. The van der Waals surface area contributed by atoms with Crippen LogP contribution in [-0.2, 0) is 9.59 Å². The van der Waals surface area contributed by atoms with E-state index in [2.05, 4.69) is 5.32 Å². The van der Waals surface area contributed by atoms with Crippen LogP contribution in [0.2, 0.25) is 5.02 Å². The van der Waals surface area contributed by atoms with Crippen molar-refractivity contribution >= 4 is 35.1 Å². The third-order valence-corrected chi connectivity index (χ3v) is 4.59. The van der Waals surface area contributed by atoms with Crippen LogP contribution in [0.5, 0.6) is 0 Å². The van der Waals surface area contributed by atoms with E-state index < -0.39 is 0 Å². The second-order valence-corrected chi connectivity index (χ2v) is 6.46. The summed E-state index contributed by atoms with van der Waals surface area (Å²) >= 11 is 6.14. The van der Waals surface area contributed by atoms with Gasteiger partial charge in [0.15, 0.2) is 0 Å². The number of halogens is 1. The van der Waals surface area contributed by atoms with Gasteiger partial charge in [0.25, 0.3) is 0 Å². The van der Waals surface area contributed by atoms with Gasteiger partial charge >= 0.3 is 6.03 Å². The van der Waals surface area contributed by atoms with Crippen molar-refractivity contribution in [2.45, 2.75) is 12.5 Å². The number of likely N-dealkylation sites (N-methyl/N-ethyl adjacent to an activating group) is 1. The standard InChI is InChI=1S/C16H19ClN4O3/c1-19-6-7-20(16(19)24)10-14(22)18-11-8-15(23)21(9-11)13-5-3-2-4-12(13)17/h2-5,11H,6-10H2,1H3,(H,18,22)/t11-/m1/s1. The third-order valence-electron chi connectivity index (χ3n) is 4.27. The van der Waals surface area contributed by atoms with Crippen LogP contribution in [0.3, 0.4) is 0 Å². The second kappa shape index (κ2) is 6.68. The van der Waals surface area contributed by atoms with Crippen LogP contribution in [-0.4, -0.2) is 66.9 Å². The zero-order valence-electron chi connectivity index (χ0n) is 13.4. The Morgan fingerprint density at radius 3 is 2.71 bits per heavy atom. The van der Waals surface area contributed by atoms with Crippen LogP contribution in [0, 0.1) is 0 Å². The van der Waals surface area contributed by atoms with Crippen LogP contribution in [0.1, 0.15) is 6.42 Å². The van der Waals surface area contributed by atoms with Crippen molar-refractivity contribution in [1.29, 1.82) is 0 Å². The topological polar surface area (TPSA) is 73.0 Å². The lowest BCUT2D eigenvalue weighted by Crippen LogP contribution is -2.44. The molecule has 0 aromatic heterocycles. The predicted molar refractivity (Wildman–Crippen MR) is 90.0 cm³/mol. The summed E-state index contributed by atoms with van der Waals surface area (Å²) in [5.74, 6) is -0.331. The lowest BCUT2D eigenvalue weighted by atomic mass is 10.2. The fraction of sp³-hybridized carbons (Fsp3) is 0.438. The number of para-hydroxylation sites is 1. The van der Waals surface area contributed by atoms with Crippen molar-refractivity contribution in [3.63, 3.8) is 0 Å². The molecule has 0 aliphatic carbocycles. The van der Waals surface area contributed by atoms with E-state index in [1.165, 1.54) is 4.90 Å². The highest BCUT2D eigenvalue weighted by Gasteiger charge is 2.33. The monoisotopic (exact) mass is 350 g/mol. The summed E-state index contributed by atoms with van der Waals surface area (Å²) in [5, 5.41) is 3.34. The maximum absolute atomic E-state index is 12.2. The second-order valence-electron chi connectivity index (χ2n) is 6.05. The Balaban J connectivity index is 1.57. The average molecular weight is 351 g/mol. The molecule has 2 fully saturated rings. The quantitative estimate of drug-likeness (QED) is 0.878. The minimum absolute atomic E-state index is 0.0138. The normalized spacial score (nSPS) is 20.9. The summed E-state index contributed by atoms with van der Waals surface area (Å²) in [6.45, 7) is 1.55. The van der Waals surface area contributed by atoms with Gasteiger partial charge in [0.05, 0.1) is 16.8 Å². The highest BCUT2D eigenvalue weighted by atomic mass is 35.5. The summed E-state index contributed by atoms with van der Waals surface area (Å²) in [6.07, 6.45) is 0.227. The summed E-state index contributed by atoms with van der Waals surface area (Å²) < 4.78 is 0. The van der Waals surface area contributed by atoms with Crippen molar-refractivity contribution in [2.75, 3.05) is 38.1 Å². The maximum atomic E-state index is 12.2. The number of hydrogen-bond donors (Lipinski definition) is 1. The smallest absolute Gasteiger partial charge is 0.320 e. The first-order valence-electron chi connectivity index (χ1n) is 7.80. The Labute approximate surface area is 145 Å². The van der Waals surface area contributed by atoms with Gasteiger partial charge in [0, 0.05) is 33.1 Å². The fourth-order valence-corrected chi connectivity index (χ4v) is 3.24.